The fourth-order valence-electron chi connectivity index (χ4n) is 3.95. The minimum atomic E-state index is -3.22. The molecule has 1 aliphatic heterocycles. The second kappa shape index (κ2) is 11.0. The number of halogens is 1. The average molecular weight is 500 g/mol. The topological polar surface area (TPSA) is 88.6 Å². The van der Waals surface area contributed by atoms with Gasteiger partial charge in [0.2, 0.25) is 15.9 Å². The first-order valence-corrected chi connectivity index (χ1v) is 13.5. The monoisotopic (exact) mass is 499 g/mol. The van der Waals surface area contributed by atoms with E-state index in [0.717, 1.165) is 18.4 Å². The number of hydrogen-bond donors (Lipinski definition) is 1. The Morgan fingerprint density at radius 1 is 1.28 bits per heavy atom. The number of sulfonamides is 1. The second-order valence-corrected chi connectivity index (χ2v) is 12.2. The largest absolute Gasteiger partial charge is 0.481 e. The molecule has 0 saturated carbocycles. The summed E-state index contributed by atoms with van der Waals surface area (Å²) in [5, 5.41) is 3.12. The number of thiophene rings is 1. The van der Waals surface area contributed by atoms with Gasteiger partial charge in [0.1, 0.15) is 0 Å². The van der Waals surface area contributed by atoms with Crippen molar-refractivity contribution in [2.45, 2.75) is 39.2 Å². The molecule has 0 radical (unpaired) electrons. The van der Waals surface area contributed by atoms with Gasteiger partial charge in [-0.1, -0.05) is 31.5 Å². The highest BCUT2D eigenvalue weighted by atomic mass is 35.5. The van der Waals surface area contributed by atoms with Crippen molar-refractivity contribution in [1.29, 1.82) is 0 Å². The maximum absolute atomic E-state index is 12.8. The number of carbonyl (C=O) groups excluding carboxylic acids is 1. The summed E-state index contributed by atoms with van der Waals surface area (Å²) in [6.45, 7) is 4.87. The van der Waals surface area contributed by atoms with Gasteiger partial charge in [0, 0.05) is 25.4 Å². The van der Waals surface area contributed by atoms with Crippen molar-refractivity contribution in [3.8, 4) is 5.88 Å². The van der Waals surface area contributed by atoms with E-state index in [2.05, 4.69) is 10.3 Å². The third kappa shape index (κ3) is 6.66. The number of carbonyl (C=O) groups is 1. The van der Waals surface area contributed by atoms with Crippen molar-refractivity contribution in [3.63, 3.8) is 0 Å². The second-order valence-electron chi connectivity index (χ2n) is 8.51. The Morgan fingerprint density at radius 3 is 2.53 bits per heavy atom. The smallest absolute Gasteiger partial charge is 0.261 e. The lowest BCUT2D eigenvalue weighted by Gasteiger charge is -2.33. The molecule has 176 valence electrons. The van der Waals surface area contributed by atoms with Gasteiger partial charge >= 0.3 is 0 Å². The Kier molecular flexibility index (Phi) is 8.55. The van der Waals surface area contributed by atoms with Crippen LogP contribution < -0.4 is 10.1 Å². The first-order valence-electron chi connectivity index (χ1n) is 10.7. The molecule has 3 rings (SSSR count). The molecule has 1 fully saturated rings. The van der Waals surface area contributed by atoms with Gasteiger partial charge in [0.25, 0.3) is 5.91 Å². The Balaban J connectivity index is 1.69. The molecule has 0 aromatic carbocycles. The van der Waals surface area contributed by atoms with Gasteiger partial charge in [-0.3, -0.25) is 4.79 Å². The predicted molar refractivity (Wildman–Crippen MR) is 128 cm³/mol. The van der Waals surface area contributed by atoms with E-state index >= 15 is 0 Å². The number of nitrogens with zero attached hydrogens (tertiary/aromatic N) is 2. The maximum atomic E-state index is 12.8. The van der Waals surface area contributed by atoms with Crippen LogP contribution in [-0.2, 0) is 10.0 Å². The molecule has 2 aromatic rings. The summed E-state index contributed by atoms with van der Waals surface area (Å²) in [7, 11) is -1.66. The van der Waals surface area contributed by atoms with E-state index in [4.69, 9.17) is 16.3 Å². The number of piperidine rings is 1. The van der Waals surface area contributed by atoms with E-state index < -0.39 is 10.0 Å². The standard InChI is InChI=1S/C22H30ClN3O4S2/c1-15(2)14-32(28,29)26-10-8-16(9-11-26)12-18(17-4-7-21(30-3)24-13-17)25-22(27)19-5-6-20(23)31-19/h4-7,13,15-16,18H,8-12,14H2,1-3H3,(H,25,27)/t18-/m0/s1. The zero-order valence-electron chi connectivity index (χ0n) is 18.6. The van der Waals surface area contributed by atoms with E-state index in [1.807, 2.05) is 19.9 Å². The maximum Gasteiger partial charge on any atom is 0.261 e. The van der Waals surface area contributed by atoms with E-state index in [-0.39, 0.29) is 23.6 Å². The highest BCUT2D eigenvalue weighted by Gasteiger charge is 2.30. The van der Waals surface area contributed by atoms with Gasteiger partial charge < -0.3 is 10.1 Å². The van der Waals surface area contributed by atoms with Crippen LogP contribution in [0, 0.1) is 11.8 Å². The first kappa shape index (κ1) is 25.0. The molecule has 10 heteroatoms. The predicted octanol–water partition coefficient (Wildman–Crippen LogP) is 4.36. The summed E-state index contributed by atoms with van der Waals surface area (Å²) >= 11 is 7.23. The van der Waals surface area contributed by atoms with E-state index in [1.165, 1.54) is 11.3 Å². The van der Waals surface area contributed by atoms with Crippen molar-refractivity contribution >= 4 is 38.9 Å². The average Bonchev–Trinajstić information content (AvgIpc) is 3.19. The Bertz CT molecular complexity index is 1000. The molecule has 1 N–H and O–H groups in total. The molecule has 1 amide bonds. The minimum absolute atomic E-state index is 0.102. The third-order valence-electron chi connectivity index (χ3n) is 5.55. The molecule has 0 aliphatic carbocycles. The fourth-order valence-corrected chi connectivity index (χ4v) is 6.71. The number of methoxy groups -OCH3 is 1. The molecule has 1 atom stereocenters. The number of hydrogen-bond acceptors (Lipinski definition) is 6. The van der Waals surface area contributed by atoms with Crippen LogP contribution in [0.5, 0.6) is 5.88 Å². The molecule has 0 spiro atoms. The van der Waals surface area contributed by atoms with Crippen LogP contribution in [0.15, 0.2) is 30.5 Å². The molecule has 32 heavy (non-hydrogen) atoms. The summed E-state index contributed by atoms with van der Waals surface area (Å²) in [4.78, 5) is 17.6. The lowest BCUT2D eigenvalue weighted by atomic mass is 9.88. The molecule has 1 aliphatic rings. The molecule has 1 saturated heterocycles. The van der Waals surface area contributed by atoms with Crippen molar-refractivity contribution in [2.75, 3.05) is 26.0 Å². The zero-order valence-corrected chi connectivity index (χ0v) is 21.0. The Hall–Kier alpha value is -1.68. The quantitative estimate of drug-likeness (QED) is 0.553. The van der Waals surface area contributed by atoms with Crippen LogP contribution in [0.3, 0.4) is 0 Å². The van der Waals surface area contributed by atoms with Crippen LogP contribution in [0.2, 0.25) is 4.34 Å². The Labute approximate surface area is 199 Å². The zero-order chi connectivity index (χ0) is 23.3. The summed E-state index contributed by atoms with van der Waals surface area (Å²) in [5.74, 6) is 0.898. The molecule has 3 heterocycles. The normalized spacial score (nSPS) is 16.8. The number of aromatic nitrogens is 1. The SMILES string of the molecule is COc1ccc([C@H](CC2CCN(S(=O)(=O)CC(C)C)CC2)NC(=O)c2ccc(Cl)s2)cn1. The summed E-state index contributed by atoms with van der Waals surface area (Å²) < 4.78 is 32.4. The van der Waals surface area contributed by atoms with E-state index in [0.29, 0.717) is 40.5 Å². The first-order chi connectivity index (χ1) is 15.2. The lowest BCUT2D eigenvalue weighted by molar-refractivity contribution is 0.0931. The molecular formula is C22H30ClN3O4S2. The van der Waals surface area contributed by atoms with Crippen molar-refractivity contribution in [3.05, 3.63) is 45.2 Å². The van der Waals surface area contributed by atoms with Crippen molar-refractivity contribution in [2.24, 2.45) is 11.8 Å². The van der Waals surface area contributed by atoms with Gasteiger partial charge in [-0.25, -0.2) is 17.7 Å². The van der Waals surface area contributed by atoms with Gasteiger partial charge in [0.15, 0.2) is 0 Å². The Morgan fingerprint density at radius 2 is 2.00 bits per heavy atom. The fraction of sp³-hybridized carbons (Fsp3) is 0.545. The molecule has 0 bridgehead atoms. The highest BCUT2D eigenvalue weighted by Crippen LogP contribution is 2.31. The number of amides is 1. The van der Waals surface area contributed by atoms with E-state index in [9.17, 15) is 13.2 Å². The van der Waals surface area contributed by atoms with Gasteiger partial charge in [-0.05, 0) is 48.8 Å². The molecule has 7 nitrogen and oxygen atoms in total. The molecule has 2 aromatic heterocycles. The molecular weight excluding hydrogens is 470 g/mol. The number of rotatable bonds is 9. The van der Waals surface area contributed by atoms with Crippen molar-refractivity contribution < 1.29 is 17.9 Å². The number of ether oxygens (including phenoxy) is 1. The highest BCUT2D eigenvalue weighted by molar-refractivity contribution is 7.89. The summed E-state index contributed by atoms with van der Waals surface area (Å²) in [5.41, 5.74) is 0.886. The van der Waals surface area contributed by atoms with Gasteiger partial charge in [0.05, 0.1) is 28.1 Å². The number of pyridine rings is 1. The van der Waals surface area contributed by atoms with Crippen LogP contribution in [0.25, 0.3) is 0 Å². The van der Waals surface area contributed by atoms with Crippen molar-refractivity contribution in [1.82, 2.24) is 14.6 Å². The minimum Gasteiger partial charge on any atom is -0.481 e. The number of nitrogens with one attached hydrogen (secondary N) is 1. The van der Waals surface area contributed by atoms with Crippen LogP contribution in [0.4, 0.5) is 0 Å². The van der Waals surface area contributed by atoms with Crippen LogP contribution >= 0.6 is 22.9 Å². The van der Waals surface area contributed by atoms with E-state index in [1.54, 1.807) is 35.8 Å². The lowest BCUT2D eigenvalue weighted by Crippen LogP contribution is -2.41. The summed E-state index contributed by atoms with van der Waals surface area (Å²) in [6, 6.07) is 6.85. The summed E-state index contributed by atoms with van der Waals surface area (Å²) in [6.07, 6.45) is 3.94. The van der Waals surface area contributed by atoms with Crippen LogP contribution in [-0.4, -0.2) is 49.6 Å². The van der Waals surface area contributed by atoms with Crippen LogP contribution in [0.1, 0.15) is 54.4 Å². The molecule has 0 unspecified atom stereocenters. The third-order valence-corrected chi connectivity index (χ3v) is 9.02. The van der Waals surface area contributed by atoms with Gasteiger partial charge in [-0.15, -0.1) is 11.3 Å². The van der Waals surface area contributed by atoms with Gasteiger partial charge in [-0.2, -0.15) is 0 Å².